The molecule has 0 aromatic rings. The van der Waals surface area contributed by atoms with Crippen molar-refractivity contribution >= 4 is 0 Å². The standard InChI is InChI=1S/C12H24N2/c1-10-4-2-3-7-14(10)9-11-5-6-12(13)8-11/h10-12H,2-9,13H2,1H3. The van der Waals surface area contributed by atoms with E-state index in [1.807, 2.05) is 0 Å². The Morgan fingerprint density at radius 3 is 2.71 bits per heavy atom. The molecule has 0 spiro atoms. The molecule has 0 bridgehead atoms. The minimum absolute atomic E-state index is 0.500. The number of hydrogen-bond acceptors (Lipinski definition) is 2. The van der Waals surface area contributed by atoms with E-state index in [2.05, 4.69) is 11.8 Å². The minimum atomic E-state index is 0.500. The lowest BCUT2D eigenvalue weighted by Gasteiger charge is -2.35. The van der Waals surface area contributed by atoms with E-state index in [0.717, 1.165) is 12.0 Å². The van der Waals surface area contributed by atoms with Gasteiger partial charge in [-0.2, -0.15) is 0 Å². The van der Waals surface area contributed by atoms with Crippen molar-refractivity contribution in [2.45, 2.75) is 57.5 Å². The highest BCUT2D eigenvalue weighted by molar-refractivity contribution is 4.82. The Morgan fingerprint density at radius 2 is 2.07 bits per heavy atom. The van der Waals surface area contributed by atoms with Gasteiger partial charge in [0.05, 0.1) is 0 Å². The Bertz CT molecular complexity index is 181. The van der Waals surface area contributed by atoms with Crippen molar-refractivity contribution in [3.63, 3.8) is 0 Å². The summed E-state index contributed by atoms with van der Waals surface area (Å²) in [7, 11) is 0. The van der Waals surface area contributed by atoms with Crippen LogP contribution in [0.25, 0.3) is 0 Å². The summed E-state index contributed by atoms with van der Waals surface area (Å²) in [6, 6.07) is 1.32. The Labute approximate surface area is 87.8 Å². The van der Waals surface area contributed by atoms with Gasteiger partial charge in [0.15, 0.2) is 0 Å². The average molecular weight is 196 g/mol. The van der Waals surface area contributed by atoms with E-state index in [4.69, 9.17) is 5.73 Å². The first-order chi connectivity index (χ1) is 6.75. The lowest BCUT2D eigenvalue weighted by Crippen LogP contribution is -2.40. The molecule has 14 heavy (non-hydrogen) atoms. The number of nitrogens with two attached hydrogens (primary N) is 1. The van der Waals surface area contributed by atoms with E-state index in [9.17, 15) is 0 Å². The van der Waals surface area contributed by atoms with Gasteiger partial charge in [0.25, 0.3) is 0 Å². The van der Waals surface area contributed by atoms with E-state index >= 15 is 0 Å². The second-order valence-corrected chi connectivity index (χ2v) is 5.28. The maximum absolute atomic E-state index is 5.95. The van der Waals surface area contributed by atoms with Crippen molar-refractivity contribution in [3.8, 4) is 0 Å². The van der Waals surface area contributed by atoms with Crippen LogP contribution in [0.5, 0.6) is 0 Å². The minimum Gasteiger partial charge on any atom is -0.328 e. The van der Waals surface area contributed by atoms with Crippen LogP contribution >= 0.6 is 0 Å². The van der Waals surface area contributed by atoms with Crippen LogP contribution < -0.4 is 5.73 Å². The van der Waals surface area contributed by atoms with Crippen molar-refractivity contribution in [2.24, 2.45) is 11.7 Å². The molecule has 1 saturated heterocycles. The Hall–Kier alpha value is -0.0800. The van der Waals surface area contributed by atoms with Crippen LogP contribution in [0.3, 0.4) is 0 Å². The third kappa shape index (κ3) is 2.48. The van der Waals surface area contributed by atoms with E-state index in [-0.39, 0.29) is 0 Å². The summed E-state index contributed by atoms with van der Waals surface area (Å²) in [5.74, 6) is 0.894. The molecule has 1 aliphatic heterocycles. The van der Waals surface area contributed by atoms with Crippen molar-refractivity contribution in [1.82, 2.24) is 4.90 Å². The quantitative estimate of drug-likeness (QED) is 0.732. The maximum Gasteiger partial charge on any atom is 0.00670 e. The topological polar surface area (TPSA) is 29.3 Å². The van der Waals surface area contributed by atoms with Gasteiger partial charge in [0, 0.05) is 18.6 Å². The number of nitrogens with zero attached hydrogens (tertiary/aromatic N) is 1. The fraction of sp³-hybridized carbons (Fsp3) is 1.00. The van der Waals surface area contributed by atoms with E-state index in [1.165, 1.54) is 51.6 Å². The van der Waals surface area contributed by atoms with Crippen LogP contribution in [-0.4, -0.2) is 30.1 Å². The molecular weight excluding hydrogens is 172 g/mol. The average Bonchev–Trinajstić information content (AvgIpc) is 2.56. The molecule has 0 amide bonds. The predicted molar refractivity (Wildman–Crippen MR) is 60.2 cm³/mol. The summed E-state index contributed by atoms with van der Waals surface area (Å²) >= 11 is 0. The van der Waals surface area contributed by atoms with Gasteiger partial charge in [0.1, 0.15) is 0 Å². The van der Waals surface area contributed by atoms with Crippen LogP contribution in [-0.2, 0) is 0 Å². The fourth-order valence-corrected chi connectivity index (χ4v) is 3.04. The molecule has 82 valence electrons. The van der Waals surface area contributed by atoms with Crippen molar-refractivity contribution < 1.29 is 0 Å². The molecule has 2 nitrogen and oxygen atoms in total. The third-order valence-electron chi connectivity index (χ3n) is 4.02. The van der Waals surface area contributed by atoms with Gasteiger partial charge >= 0.3 is 0 Å². The molecule has 1 heterocycles. The smallest absolute Gasteiger partial charge is 0.00670 e. The molecule has 0 aromatic carbocycles. The van der Waals surface area contributed by atoms with Gasteiger partial charge in [-0.15, -0.1) is 0 Å². The first kappa shape index (κ1) is 10.4. The SMILES string of the molecule is CC1CCCCN1CC1CCC(N)C1. The highest BCUT2D eigenvalue weighted by Crippen LogP contribution is 2.27. The van der Waals surface area contributed by atoms with Crippen molar-refractivity contribution in [2.75, 3.05) is 13.1 Å². The van der Waals surface area contributed by atoms with Gasteiger partial charge in [-0.3, -0.25) is 0 Å². The molecule has 0 radical (unpaired) electrons. The summed E-state index contributed by atoms with van der Waals surface area (Å²) in [4.78, 5) is 2.69. The predicted octanol–water partition coefficient (Wildman–Crippen LogP) is 1.99. The van der Waals surface area contributed by atoms with Gasteiger partial charge in [0.2, 0.25) is 0 Å². The molecule has 1 aliphatic carbocycles. The molecule has 2 rings (SSSR count). The monoisotopic (exact) mass is 196 g/mol. The number of likely N-dealkylation sites (tertiary alicyclic amines) is 1. The molecular formula is C12H24N2. The van der Waals surface area contributed by atoms with E-state index in [1.54, 1.807) is 0 Å². The molecule has 2 N–H and O–H groups in total. The number of rotatable bonds is 2. The number of piperidine rings is 1. The van der Waals surface area contributed by atoms with Crippen LogP contribution in [0.1, 0.15) is 45.4 Å². The molecule has 2 aliphatic rings. The summed E-state index contributed by atoms with van der Waals surface area (Å²) in [5, 5.41) is 0. The second kappa shape index (κ2) is 4.63. The Balaban J connectivity index is 1.78. The van der Waals surface area contributed by atoms with Gasteiger partial charge in [-0.25, -0.2) is 0 Å². The summed E-state index contributed by atoms with van der Waals surface area (Å²) < 4.78 is 0. The summed E-state index contributed by atoms with van der Waals surface area (Å²) in [5.41, 5.74) is 5.95. The lowest BCUT2D eigenvalue weighted by molar-refractivity contribution is 0.137. The lowest BCUT2D eigenvalue weighted by atomic mass is 10.00. The summed E-state index contributed by atoms with van der Waals surface area (Å²) in [6.07, 6.45) is 8.13. The molecule has 3 atom stereocenters. The van der Waals surface area contributed by atoms with E-state index in [0.29, 0.717) is 6.04 Å². The normalized spacial score (nSPS) is 40.3. The molecule has 2 heteroatoms. The second-order valence-electron chi connectivity index (χ2n) is 5.28. The van der Waals surface area contributed by atoms with Gasteiger partial charge in [-0.1, -0.05) is 6.42 Å². The molecule has 3 unspecified atom stereocenters. The zero-order valence-corrected chi connectivity index (χ0v) is 9.41. The fourth-order valence-electron chi connectivity index (χ4n) is 3.04. The van der Waals surface area contributed by atoms with Crippen LogP contribution in [0, 0.1) is 5.92 Å². The molecule has 2 fully saturated rings. The summed E-state index contributed by atoms with van der Waals surface area (Å²) in [6.45, 7) is 5.02. The van der Waals surface area contributed by atoms with Crippen LogP contribution in [0.15, 0.2) is 0 Å². The van der Waals surface area contributed by atoms with Crippen molar-refractivity contribution in [1.29, 1.82) is 0 Å². The Morgan fingerprint density at radius 1 is 1.21 bits per heavy atom. The largest absolute Gasteiger partial charge is 0.328 e. The highest BCUT2D eigenvalue weighted by atomic mass is 15.2. The zero-order chi connectivity index (χ0) is 9.97. The zero-order valence-electron chi connectivity index (χ0n) is 9.41. The van der Waals surface area contributed by atoms with Gasteiger partial charge in [-0.05, 0) is 51.5 Å². The third-order valence-corrected chi connectivity index (χ3v) is 4.02. The van der Waals surface area contributed by atoms with Crippen molar-refractivity contribution in [3.05, 3.63) is 0 Å². The van der Waals surface area contributed by atoms with Crippen LogP contribution in [0.2, 0.25) is 0 Å². The van der Waals surface area contributed by atoms with E-state index < -0.39 is 0 Å². The number of hydrogen-bond donors (Lipinski definition) is 1. The first-order valence-corrected chi connectivity index (χ1v) is 6.25. The highest BCUT2D eigenvalue weighted by Gasteiger charge is 2.26. The molecule has 1 saturated carbocycles. The first-order valence-electron chi connectivity index (χ1n) is 6.25. The molecule has 0 aromatic heterocycles. The van der Waals surface area contributed by atoms with Gasteiger partial charge < -0.3 is 10.6 Å². The Kier molecular flexibility index (Phi) is 3.45. The van der Waals surface area contributed by atoms with Crippen LogP contribution in [0.4, 0.5) is 0 Å². The maximum atomic E-state index is 5.95.